The van der Waals surface area contributed by atoms with E-state index in [2.05, 4.69) is 16.4 Å². The molecule has 1 aromatic heterocycles. The monoisotopic (exact) mass is 364 g/mol. The maximum absolute atomic E-state index is 13.0. The van der Waals surface area contributed by atoms with Crippen LogP contribution in [-0.2, 0) is 6.42 Å². The molecule has 0 radical (unpaired) electrons. The van der Waals surface area contributed by atoms with Crippen molar-refractivity contribution in [2.24, 2.45) is 0 Å². The van der Waals surface area contributed by atoms with Gasteiger partial charge >= 0.3 is 0 Å². The van der Waals surface area contributed by atoms with E-state index in [-0.39, 0.29) is 12.7 Å². The number of aromatic nitrogens is 1. The largest absolute Gasteiger partial charge is 0.454 e. The molecule has 2 aromatic carbocycles. The summed E-state index contributed by atoms with van der Waals surface area (Å²) in [6, 6.07) is 11.6. The van der Waals surface area contributed by atoms with Gasteiger partial charge in [0.1, 0.15) is 0 Å². The van der Waals surface area contributed by atoms with Crippen molar-refractivity contribution in [3.05, 3.63) is 57.9 Å². The third-order valence-corrected chi connectivity index (χ3v) is 5.53. The molecule has 0 fully saturated rings. The Bertz CT molecular complexity index is 1030. The lowest BCUT2D eigenvalue weighted by Gasteiger charge is -2.18. The van der Waals surface area contributed by atoms with E-state index in [1.807, 2.05) is 24.0 Å². The molecule has 0 atom stereocenters. The number of hydrogen-bond acceptors (Lipinski definition) is 5. The van der Waals surface area contributed by atoms with Gasteiger partial charge in [-0.05, 0) is 49.2 Å². The third-order valence-electron chi connectivity index (χ3n) is 4.75. The summed E-state index contributed by atoms with van der Waals surface area (Å²) >= 11 is 1.65. The Balaban J connectivity index is 1.45. The molecule has 0 spiro atoms. The molecule has 0 saturated carbocycles. The number of carbonyl (C=O) groups is 1. The second kappa shape index (κ2) is 5.85. The van der Waals surface area contributed by atoms with Crippen LogP contribution >= 0.6 is 11.3 Å². The summed E-state index contributed by atoms with van der Waals surface area (Å²) in [6.45, 7) is 2.90. The second-order valence-corrected chi connectivity index (χ2v) is 7.43. The van der Waals surface area contributed by atoms with Crippen molar-refractivity contribution in [2.45, 2.75) is 13.3 Å². The second-order valence-electron chi connectivity index (χ2n) is 6.37. The van der Waals surface area contributed by atoms with Gasteiger partial charge in [0, 0.05) is 28.7 Å². The first-order chi connectivity index (χ1) is 12.7. The number of amides is 1. The molecule has 5 nitrogen and oxygen atoms in total. The van der Waals surface area contributed by atoms with Crippen LogP contribution in [-0.4, -0.2) is 24.2 Å². The summed E-state index contributed by atoms with van der Waals surface area (Å²) in [5, 5.41) is 3.13. The number of aryl methyl sites for hydroxylation is 1. The van der Waals surface area contributed by atoms with E-state index < -0.39 is 0 Å². The lowest BCUT2D eigenvalue weighted by Crippen LogP contribution is -2.28. The molecule has 1 amide bonds. The first kappa shape index (κ1) is 15.4. The molecular formula is C20H16N2O3S. The van der Waals surface area contributed by atoms with Crippen LogP contribution in [0.2, 0.25) is 0 Å². The third kappa shape index (κ3) is 2.45. The maximum Gasteiger partial charge on any atom is 0.258 e. The highest BCUT2D eigenvalue weighted by atomic mass is 32.1. The Hall–Kier alpha value is -2.86. The standard InChI is InChI=1S/C20H16N2O3S/c1-12-21-16(10-26-12)13-2-4-17-14(8-13)6-7-22(17)20(23)15-3-5-18-19(9-15)25-11-24-18/h2-5,8-10H,6-7,11H2,1H3. The van der Waals surface area contributed by atoms with E-state index in [0.717, 1.165) is 28.4 Å². The van der Waals surface area contributed by atoms with Crippen molar-refractivity contribution in [1.29, 1.82) is 0 Å². The Morgan fingerprint density at radius 1 is 1.15 bits per heavy atom. The highest BCUT2D eigenvalue weighted by Gasteiger charge is 2.27. The normalized spacial score (nSPS) is 14.6. The van der Waals surface area contributed by atoms with E-state index >= 15 is 0 Å². The van der Waals surface area contributed by atoms with E-state index in [9.17, 15) is 4.79 Å². The van der Waals surface area contributed by atoms with Crippen LogP contribution in [0.1, 0.15) is 20.9 Å². The van der Waals surface area contributed by atoms with Crippen molar-refractivity contribution < 1.29 is 14.3 Å². The van der Waals surface area contributed by atoms with Gasteiger partial charge in [0.15, 0.2) is 11.5 Å². The van der Waals surface area contributed by atoms with Gasteiger partial charge in [0.25, 0.3) is 5.91 Å². The fourth-order valence-electron chi connectivity index (χ4n) is 3.45. The van der Waals surface area contributed by atoms with Gasteiger partial charge in [-0.1, -0.05) is 6.07 Å². The number of anilines is 1. The van der Waals surface area contributed by atoms with Gasteiger partial charge in [-0.15, -0.1) is 11.3 Å². The number of nitrogens with zero attached hydrogens (tertiary/aromatic N) is 2. The lowest BCUT2D eigenvalue weighted by molar-refractivity contribution is 0.0989. The number of benzene rings is 2. The van der Waals surface area contributed by atoms with E-state index in [1.165, 1.54) is 5.56 Å². The van der Waals surface area contributed by atoms with Gasteiger partial charge in [-0.3, -0.25) is 4.79 Å². The Morgan fingerprint density at radius 3 is 2.88 bits per heavy atom. The molecule has 5 rings (SSSR count). The summed E-state index contributed by atoms with van der Waals surface area (Å²) in [5.41, 5.74) is 4.87. The highest BCUT2D eigenvalue weighted by Crippen LogP contribution is 2.36. The average molecular weight is 364 g/mol. The van der Waals surface area contributed by atoms with E-state index in [0.29, 0.717) is 23.6 Å². The molecule has 0 bridgehead atoms. The topological polar surface area (TPSA) is 51.7 Å². The number of hydrogen-bond donors (Lipinski definition) is 0. The molecule has 26 heavy (non-hydrogen) atoms. The van der Waals surface area contributed by atoms with Crippen molar-refractivity contribution in [3.8, 4) is 22.8 Å². The summed E-state index contributed by atoms with van der Waals surface area (Å²) in [7, 11) is 0. The SMILES string of the molecule is Cc1nc(-c2ccc3c(c2)CCN3C(=O)c2ccc3c(c2)OCO3)cs1. The van der Waals surface area contributed by atoms with Crippen LogP contribution < -0.4 is 14.4 Å². The van der Waals surface area contributed by atoms with Gasteiger partial charge in [0.2, 0.25) is 6.79 Å². The van der Waals surface area contributed by atoms with E-state index in [4.69, 9.17) is 9.47 Å². The van der Waals surface area contributed by atoms with Crippen molar-refractivity contribution in [1.82, 2.24) is 4.98 Å². The summed E-state index contributed by atoms with van der Waals surface area (Å²) in [5.74, 6) is 1.30. The van der Waals surface area contributed by atoms with Crippen LogP contribution in [0.15, 0.2) is 41.8 Å². The Kier molecular flexibility index (Phi) is 3.46. The van der Waals surface area contributed by atoms with Crippen LogP contribution in [0.3, 0.4) is 0 Å². The summed E-state index contributed by atoms with van der Waals surface area (Å²) < 4.78 is 10.7. The molecule has 0 aliphatic carbocycles. The van der Waals surface area contributed by atoms with E-state index in [1.54, 1.807) is 29.5 Å². The summed E-state index contributed by atoms with van der Waals surface area (Å²) in [6.07, 6.45) is 0.850. The molecule has 2 aliphatic rings. The molecule has 3 aromatic rings. The average Bonchev–Trinajstić information content (AvgIpc) is 3.38. The number of carbonyl (C=O) groups excluding carboxylic acids is 1. The predicted octanol–water partition coefficient (Wildman–Crippen LogP) is 4.05. The zero-order valence-corrected chi connectivity index (χ0v) is 15.0. The molecule has 0 N–H and O–H groups in total. The molecule has 6 heteroatoms. The molecule has 2 aliphatic heterocycles. The fraction of sp³-hybridized carbons (Fsp3) is 0.200. The number of ether oxygens (including phenoxy) is 2. The zero-order valence-electron chi connectivity index (χ0n) is 14.2. The molecule has 0 unspecified atom stereocenters. The van der Waals surface area contributed by atoms with Gasteiger partial charge in [-0.2, -0.15) is 0 Å². The molecule has 3 heterocycles. The Morgan fingerprint density at radius 2 is 2.04 bits per heavy atom. The maximum atomic E-state index is 13.0. The van der Waals surface area contributed by atoms with Crippen molar-refractivity contribution >= 4 is 22.9 Å². The van der Waals surface area contributed by atoms with Crippen molar-refractivity contribution in [3.63, 3.8) is 0 Å². The highest BCUT2D eigenvalue weighted by molar-refractivity contribution is 7.09. The molecule has 0 saturated heterocycles. The van der Waals surface area contributed by atoms with Gasteiger partial charge in [0.05, 0.1) is 10.7 Å². The number of fused-ring (bicyclic) bond motifs is 2. The number of rotatable bonds is 2. The van der Waals surface area contributed by atoms with Crippen LogP contribution in [0.25, 0.3) is 11.3 Å². The minimum absolute atomic E-state index is 0.0145. The first-order valence-electron chi connectivity index (χ1n) is 8.46. The minimum Gasteiger partial charge on any atom is -0.454 e. The van der Waals surface area contributed by atoms with Crippen LogP contribution in [0.5, 0.6) is 11.5 Å². The van der Waals surface area contributed by atoms with Crippen LogP contribution in [0.4, 0.5) is 5.69 Å². The van der Waals surface area contributed by atoms with Gasteiger partial charge in [-0.25, -0.2) is 4.98 Å². The fourth-order valence-corrected chi connectivity index (χ4v) is 4.08. The molecular weight excluding hydrogens is 348 g/mol. The summed E-state index contributed by atoms with van der Waals surface area (Å²) in [4.78, 5) is 19.4. The number of thiazole rings is 1. The quantitative estimate of drug-likeness (QED) is 0.688. The lowest BCUT2D eigenvalue weighted by atomic mass is 10.1. The minimum atomic E-state index is -0.0145. The smallest absolute Gasteiger partial charge is 0.258 e. The zero-order chi connectivity index (χ0) is 17.7. The molecule has 130 valence electrons. The van der Waals surface area contributed by atoms with Gasteiger partial charge < -0.3 is 14.4 Å². The van der Waals surface area contributed by atoms with Crippen molar-refractivity contribution in [2.75, 3.05) is 18.2 Å². The predicted molar refractivity (Wildman–Crippen MR) is 100 cm³/mol. The first-order valence-corrected chi connectivity index (χ1v) is 9.34. The van der Waals surface area contributed by atoms with Crippen LogP contribution in [0, 0.1) is 6.92 Å². The Labute approximate surface area is 154 Å².